The van der Waals surface area contributed by atoms with Crippen molar-refractivity contribution in [3.63, 3.8) is 0 Å². The molecule has 0 spiro atoms. The third-order valence-corrected chi connectivity index (χ3v) is 3.05. The highest BCUT2D eigenvalue weighted by Crippen LogP contribution is 2.18. The third-order valence-electron chi connectivity index (χ3n) is 2.27. The van der Waals surface area contributed by atoms with E-state index in [0.717, 1.165) is 21.5 Å². The molecule has 0 aliphatic carbocycles. The van der Waals surface area contributed by atoms with Crippen LogP contribution >= 0.6 is 15.9 Å². The summed E-state index contributed by atoms with van der Waals surface area (Å²) in [6.45, 7) is 2.40. The van der Waals surface area contributed by atoms with Gasteiger partial charge in [-0.15, -0.1) is 0 Å². The van der Waals surface area contributed by atoms with Crippen LogP contribution in [0.4, 0.5) is 10.2 Å². The maximum absolute atomic E-state index is 13.1. The van der Waals surface area contributed by atoms with Gasteiger partial charge in [-0.05, 0) is 30.7 Å². The van der Waals surface area contributed by atoms with E-state index in [-0.39, 0.29) is 5.82 Å². The molecular weight excluding hydrogens is 285 g/mol. The van der Waals surface area contributed by atoms with Gasteiger partial charge in [0, 0.05) is 22.8 Å². The molecule has 2 aromatic rings. The smallest absolute Gasteiger partial charge is 0.129 e. The molecule has 0 atom stereocenters. The number of halogens is 2. The van der Waals surface area contributed by atoms with E-state index >= 15 is 0 Å². The standard InChI is InChI=1S/C12H11BrFN3/c1-8-4-12(17-7-16-8)15-6-9-5-10(14)2-3-11(9)13/h2-5,7H,6H2,1H3,(H,15,16,17). The molecule has 2 rings (SSSR count). The van der Waals surface area contributed by atoms with Crippen LogP contribution in [0, 0.1) is 12.7 Å². The van der Waals surface area contributed by atoms with Crippen molar-refractivity contribution in [2.75, 3.05) is 5.32 Å². The molecule has 1 aromatic carbocycles. The SMILES string of the molecule is Cc1cc(NCc2cc(F)ccc2Br)ncn1. The Balaban J connectivity index is 2.09. The zero-order valence-electron chi connectivity index (χ0n) is 9.24. The summed E-state index contributed by atoms with van der Waals surface area (Å²) in [5.74, 6) is 0.484. The summed E-state index contributed by atoms with van der Waals surface area (Å²) in [6, 6.07) is 6.44. The van der Waals surface area contributed by atoms with E-state index in [0.29, 0.717) is 6.54 Å². The Morgan fingerprint density at radius 2 is 2.12 bits per heavy atom. The van der Waals surface area contributed by atoms with Crippen LogP contribution in [-0.4, -0.2) is 9.97 Å². The van der Waals surface area contributed by atoms with Crippen molar-refractivity contribution in [3.05, 3.63) is 52.1 Å². The Labute approximate surface area is 107 Å². The van der Waals surface area contributed by atoms with Crippen LogP contribution in [0.3, 0.4) is 0 Å². The topological polar surface area (TPSA) is 37.8 Å². The fourth-order valence-electron chi connectivity index (χ4n) is 1.42. The van der Waals surface area contributed by atoms with Crippen LogP contribution < -0.4 is 5.32 Å². The highest BCUT2D eigenvalue weighted by atomic mass is 79.9. The van der Waals surface area contributed by atoms with Gasteiger partial charge >= 0.3 is 0 Å². The first-order valence-electron chi connectivity index (χ1n) is 5.11. The Morgan fingerprint density at radius 3 is 2.88 bits per heavy atom. The van der Waals surface area contributed by atoms with Crippen molar-refractivity contribution in [2.45, 2.75) is 13.5 Å². The molecule has 0 bridgehead atoms. The molecular formula is C12H11BrFN3. The summed E-state index contributed by atoms with van der Waals surface area (Å²) < 4.78 is 13.9. The van der Waals surface area contributed by atoms with Crippen molar-refractivity contribution in [1.29, 1.82) is 0 Å². The number of hydrogen-bond donors (Lipinski definition) is 1. The zero-order chi connectivity index (χ0) is 12.3. The first kappa shape index (κ1) is 12.0. The number of nitrogens with zero attached hydrogens (tertiary/aromatic N) is 2. The lowest BCUT2D eigenvalue weighted by Gasteiger charge is -2.07. The van der Waals surface area contributed by atoms with Crippen LogP contribution in [0.25, 0.3) is 0 Å². The Kier molecular flexibility index (Phi) is 3.68. The molecule has 0 saturated carbocycles. The monoisotopic (exact) mass is 295 g/mol. The minimum absolute atomic E-state index is 0.246. The number of rotatable bonds is 3. The second kappa shape index (κ2) is 5.23. The van der Waals surface area contributed by atoms with Gasteiger partial charge < -0.3 is 5.32 Å². The van der Waals surface area contributed by atoms with Crippen molar-refractivity contribution >= 4 is 21.7 Å². The number of hydrogen-bond acceptors (Lipinski definition) is 3. The van der Waals surface area contributed by atoms with E-state index in [9.17, 15) is 4.39 Å². The van der Waals surface area contributed by atoms with Crippen LogP contribution in [0.15, 0.2) is 35.1 Å². The van der Waals surface area contributed by atoms with Gasteiger partial charge in [-0.3, -0.25) is 0 Å². The molecule has 1 N–H and O–H groups in total. The highest BCUT2D eigenvalue weighted by molar-refractivity contribution is 9.10. The van der Waals surface area contributed by atoms with Gasteiger partial charge in [-0.2, -0.15) is 0 Å². The molecule has 0 unspecified atom stereocenters. The molecule has 0 radical (unpaired) electrons. The van der Waals surface area contributed by atoms with E-state index in [4.69, 9.17) is 0 Å². The lowest BCUT2D eigenvalue weighted by atomic mass is 10.2. The van der Waals surface area contributed by atoms with Crippen molar-refractivity contribution in [3.8, 4) is 0 Å². The molecule has 5 heteroatoms. The van der Waals surface area contributed by atoms with Gasteiger partial charge in [0.05, 0.1) is 0 Å². The average molecular weight is 296 g/mol. The fraction of sp³-hybridized carbons (Fsp3) is 0.167. The van der Waals surface area contributed by atoms with Gasteiger partial charge in [-0.25, -0.2) is 14.4 Å². The van der Waals surface area contributed by atoms with E-state index < -0.39 is 0 Å². The van der Waals surface area contributed by atoms with Crippen LogP contribution in [-0.2, 0) is 6.54 Å². The van der Waals surface area contributed by atoms with E-state index in [1.807, 2.05) is 13.0 Å². The predicted octanol–water partition coefficient (Wildman–Crippen LogP) is 3.30. The summed E-state index contributed by atoms with van der Waals surface area (Å²) in [6.07, 6.45) is 1.50. The average Bonchev–Trinajstić information content (AvgIpc) is 2.30. The molecule has 88 valence electrons. The first-order chi connectivity index (χ1) is 8.15. The lowest BCUT2D eigenvalue weighted by molar-refractivity contribution is 0.625. The number of aryl methyl sites for hydroxylation is 1. The molecule has 1 heterocycles. The van der Waals surface area contributed by atoms with Gasteiger partial charge in [0.25, 0.3) is 0 Å². The largest absolute Gasteiger partial charge is 0.366 e. The molecule has 3 nitrogen and oxygen atoms in total. The number of aromatic nitrogens is 2. The van der Waals surface area contributed by atoms with Gasteiger partial charge in [-0.1, -0.05) is 15.9 Å². The fourth-order valence-corrected chi connectivity index (χ4v) is 1.80. The molecule has 1 aromatic heterocycles. The van der Waals surface area contributed by atoms with E-state index in [2.05, 4.69) is 31.2 Å². The number of benzene rings is 1. The van der Waals surface area contributed by atoms with Gasteiger partial charge in [0.2, 0.25) is 0 Å². The van der Waals surface area contributed by atoms with Crippen LogP contribution in [0.5, 0.6) is 0 Å². The summed E-state index contributed by atoms with van der Waals surface area (Å²) in [4.78, 5) is 8.08. The second-order valence-electron chi connectivity index (χ2n) is 3.63. The number of anilines is 1. The van der Waals surface area contributed by atoms with Crippen LogP contribution in [0.2, 0.25) is 0 Å². The molecule has 17 heavy (non-hydrogen) atoms. The van der Waals surface area contributed by atoms with Crippen molar-refractivity contribution < 1.29 is 4.39 Å². The first-order valence-corrected chi connectivity index (χ1v) is 5.91. The molecule has 0 aliphatic rings. The summed E-state index contributed by atoms with van der Waals surface area (Å²) in [5, 5.41) is 3.12. The zero-order valence-corrected chi connectivity index (χ0v) is 10.8. The van der Waals surface area contributed by atoms with Crippen molar-refractivity contribution in [2.24, 2.45) is 0 Å². The normalized spacial score (nSPS) is 10.3. The third kappa shape index (κ3) is 3.23. The molecule has 0 fully saturated rings. The second-order valence-corrected chi connectivity index (χ2v) is 4.49. The molecule has 0 aliphatic heterocycles. The van der Waals surface area contributed by atoms with Gasteiger partial charge in [0.15, 0.2) is 0 Å². The Bertz CT molecular complexity index is 531. The maximum Gasteiger partial charge on any atom is 0.129 e. The quantitative estimate of drug-likeness (QED) is 0.944. The lowest BCUT2D eigenvalue weighted by Crippen LogP contribution is -2.03. The number of nitrogens with one attached hydrogen (secondary N) is 1. The van der Waals surface area contributed by atoms with E-state index in [1.54, 1.807) is 6.07 Å². The highest BCUT2D eigenvalue weighted by Gasteiger charge is 2.02. The summed E-state index contributed by atoms with van der Waals surface area (Å²) in [7, 11) is 0. The molecule has 0 amide bonds. The summed E-state index contributed by atoms with van der Waals surface area (Å²) in [5.41, 5.74) is 1.74. The van der Waals surface area contributed by atoms with Crippen LogP contribution in [0.1, 0.15) is 11.3 Å². The Morgan fingerprint density at radius 1 is 1.29 bits per heavy atom. The van der Waals surface area contributed by atoms with E-state index in [1.165, 1.54) is 18.5 Å². The predicted molar refractivity (Wildman–Crippen MR) is 68.2 cm³/mol. The van der Waals surface area contributed by atoms with Crippen molar-refractivity contribution in [1.82, 2.24) is 9.97 Å². The molecule has 0 saturated heterocycles. The minimum Gasteiger partial charge on any atom is -0.366 e. The minimum atomic E-state index is -0.246. The van der Waals surface area contributed by atoms with Gasteiger partial charge in [0.1, 0.15) is 18.0 Å². The maximum atomic E-state index is 13.1. The Hall–Kier alpha value is -1.49. The summed E-state index contributed by atoms with van der Waals surface area (Å²) >= 11 is 3.38.